The van der Waals surface area contributed by atoms with Crippen molar-refractivity contribution in [3.05, 3.63) is 0 Å². The van der Waals surface area contributed by atoms with Gasteiger partial charge < -0.3 is 5.32 Å². The molecule has 1 nitrogen and oxygen atoms in total. The van der Waals surface area contributed by atoms with Crippen molar-refractivity contribution in [1.82, 2.24) is 5.32 Å². The van der Waals surface area contributed by atoms with Crippen molar-refractivity contribution >= 4 is 0 Å². The van der Waals surface area contributed by atoms with Crippen LogP contribution in [0, 0.1) is 5.92 Å². The average molecular weight is 145 g/mol. The summed E-state index contributed by atoms with van der Waals surface area (Å²) in [6.45, 7) is 5.55. The van der Waals surface area contributed by atoms with Gasteiger partial charge in [-0.1, -0.05) is 13.8 Å². The molecule has 0 spiro atoms. The van der Waals surface area contributed by atoms with Gasteiger partial charge in [-0.05, 0) is 25.3 Å². The molecule has 1 aliphatic heterocycles. The number of hydrogen-bond acceptors (Lipinski definition) is 1. The topological polar surface area (TPSA) is 12.0 Å². The van der Waals surface area contributed by atoms with Gasteiger partial charge in [0.05, 0.1) is 0 Å². The first-order valence-electron chi connectivity index (χ1n) is 4.02. The second-order valence-electron chi connectivity index (χ2n) is 3.68. The van der Waals surface area contributed by atoms with Crippen molar-refractivity contribution in [2.24, 2.45) is 5.92 Å². The van der Waals surface area contributed by atoms with Crippen LogP contribution in [0.1, 0.15) is 26.7 Å². The van der Waals surface area contributed by atoms with Crippen LogP contribution in [0.15, 0.2) is 0 Å². The van der Waals surface area contributed by atoms with E-state index in [2.05, 4.69) is 19.2 Å². The van der Waals surface area contributed by atoms with Crippen LogP contribution in [0.2, 0.25) is 0 Å². The van der Waals surface area contributed by atoms with E-state index in [0.717, 1.165) is 6.54 Å². The summed E-state index contributed by atoms with van der Waals surface area (Å²) in [5.41, 5.74) is -0.895. The highest BCUT2D eigenvalue weighted by Crippen LogP contribution is 2.27. The minimum atomic E-state index is -0.895. The van der Waals surface area contributed by atoms with E-state index in [1.54, 1.807) is 0 Å². The molecule has 1 atom stereocenters. The van der Waals surface area contributed by atoms with Crippen LogP contribution < -0.4 is 5.32 Å². The maximum Gasteiger partial charge on any atom is 0.124 e. The van der Waals surface area contributed by atoms with Gasteiger partial charge in [0, 0.05) is 6.54 Å². The van der Waals surface area contributed by atoms with E-state index in [1.807, 2.05) is 0 Å². The Labute approximate surface area is 62.0 Å². The SMILES string of the molecule is CC(C)CC1(F)CCNC1. The lowest BCUT2D eigenvalue weighted by atomic mass is 9.94. The summed E-state index contributed by atoms with van der Waals surface area (Å²) in [7, 11) is 0. The van der Waals surface area contributed by atoms with Crippen molar-refractivity contribution < 1.29 is 4.39 Å². The molecule has 0 aromatic heterocycles. The Kier molecular flexibility index (Phi) is 2.29. The summed E-state index contributed by atoms with van der Waals surface area (Å²) < 4.78 is 13.5. The maximum absolute atomic E-state index is 13.5. The summed E-state index contributed by atoms with van der Waals surface area (Å²) in [5, 5.41) is 3.04. The zero-order valence-electron chi connectivity index (χ0n) is 6.78. The lowest BCUT2D eigenvalue weighted by Crippen LogP contribution is -2.27. The first kappa shape index (κ1) is 7.99. The van der Waals surface area contributed by atoms with E-state index in [0.29, 0.717) is 25.3 Å². The number of alkyl halides is 1. The van der Waals surface area contributed by atoms with E-state index in [4.69, 9.17) is 0 Å². The standard InChI is InChI=1S/C8H16FN/c1-7(2)5-8(9)3-4-10-6-8/h7,10H,3-6H2,1-2H3. The van der Waals surface area contributed by atoms with Crippen molar-refractivity contribution in [2.45, 2.75) is 32.4 Å². The third kappa shape index (κ3) is 1.94. The average Bonchev–Trinajstić information content (AvgIpc) is 2.12. The molecule has 0 aromatic carbocycles. The lowest BCUT2D eigenvalue weighted by Gasteiger charge is -2.19. The normalized spacial score (nSPS) is 33.6. The van der Waals surface area contributed by atoms with E-state index in [-0.39, 0.29) is 0 Å². The minimum Gasteiger partial charge on any atom is -0.313 e. The highest BCUT2D eigenvalue weighted by Gasteiger charge is 2.33. The van der Waals surface area contributed by atoms with Crippen LogP contribution in [0.4, 0.5) is 4.39 Å². The Morgan fingerprint density at radius 1 is 1.60 bits per heavy atom. The molecule has 2 heteroatoms. The molecule has 1 fully saturated rings. The molecule has 10 heavy (non-hydrogen) atoms. The molecular weight excluding hydrogens is 129 g/mol. The van der Waals surface area contributed by atoms with E-state index in [9.17, 15) is 4.39 Å². The van der Waals surface area contributed by atoms with E-state index < -0.39 is 5.67 Å². The zero-order valence-corrected chi connectivity index (χ0v) is 6.78. The second kappa shape index (κ2) is 2.87. The Bertz CT molecular complexity index is 106. The van der Waals surface area contributed by atoms with Crippen LogP contribution >= 0.6 is 0 Å². The Hall–Kier alpha value is -0.110. The predicted octanol–water partition coefficient (Wildman–Crippen LogP) is 1.73. The van der Waals surface area contributed by atoms with Gasteiger partial charge in [-0.25, -0.2) is 4.39 Å². The molecular formula is C8H16FN. The fourth-order valence-corrected chi connectivity index (χ4v) is 1.62. The summed E-state index contributed by atoms with van der Waals surface area (Å²) in [6.07, 6.45) is 1.41. The molecule has 1 N–H and O–H groups in total. The summed E-state index contributed by atoms with van der Waals surface area (Å²) >= 11 is 0. The molecule has 0 radical (unpaired) electrons. The monoisotopic (exact) mass is 145 g/mol. The molecule has 0 saturated carbocycles. The quantitative estimate of drug-likeness (QED) is 0.624. The van der Waals surface area contributed by atoms with Gasteiger partial charge in [0.15, 0.2) is 0 Å². The largest absolute Gasteiger partial charge is 0.313 e. The molecule has 60 valence electrons. The van der Waals surface area contributed by atoms with Crippen molar-refractivity contribution in [3.8, 4) is 0 Å². The number of nitrogens with one attached hydrogen (secondary N) is 1. The molecule has 0 aliphatic carbocycles. The smallest absolute Gasteiger partial charge is 0.124 e. The van der Waals surface area contributed by atoms with Gasteiger partial charge in [0.2, 0.25) is 0 Å². The van der Waals surface area contributed by atoms with Gasteiger partial charge >= 0.3 is 0 Å². The minimum absolute atomic E-state index is 0.477. The highest BCUT2D eigenvalue weighted by molar-refractivity contribution is 4.88. The molecule has 1 aliphatic rings. The summed E-state index contributed by atoms with van der Waals surface area (Å²) in [4.78, 5) is 0. The van der Waals surface area contributed by atoms with Crippen LogP contribution in [-0.2, 0) is 0 Å². The molecule has 1 heterocycles. The van der Waals surface area contributed by atoms with Gasteiger partial charge in [-0.15, -0.1) is 0 Å². The van der Waals surface area contributed by atoms with Crippen LogP contribution in [0.5, 0.6) is 0 Å². The predicted molar refractivity (Wildman–Crippen MR) is 40.8 cm³/mol. The van der Waals surface area contributed by atoms with Crippen molar-refractivity contribution in [3.63, 3.8) is 0 Å². The highest BCUT2D eigenvalue weighted by atomic mass is 19.1. The fourth-order valence-electron chi connectivity index (χ4n) is 1.62. The van der Waals surface area contributed by atoms with Crippen molar-refractivity contribution in [1.29, 1.82) is 0 Å². The molecule has 0 bridgehead atoms. The number of hydrogen-bond donors (Lipinski definition) is 1. The first-order chi connectivity index (χ1) is 4.62. The third-order valence-electron chi connectivity index (χ3n) is 1.97. The Morgan fingerprint density at radius 3 is 2.70 bits per heavy atom. The lowest BCUT2D eigenvalue weighted by molar-refractivity contribution is 0.155. The maximum atomic E-state index is 13.5. The third-order valence-corrected chi connectivity index (χ3v) is 1.97. The van der Waals surface area contributed by atoms with E-state index in [1.165, 1.54) is 0 Å². The van der Waals surface area contributed by atoms with Gasteiger partial charge in [-0.2, -0.15) is 0 Å². The fraction of sp³-hybridized carbons (Fsp3) is 1.00. The Morgan fingerprint density at radius 2 is 2.30 bits per heavy atom. The van der Waals surface area contributed by atoms with Crippen LogP contribution in [0.25, 0.3) is 0 Å². The molecule has 1 unspecified atom stereocenters. The first-order valence-corrected chi connectivity index (χ1v) is 4.02. The van der Waals surface area contributed by atoms with Crippen molar-refractivity contribution in [2.75, 3.05) is 13.1 Å². The molecule has 1 rings (SSSR count). The summed E-state index contributed by atoms with van der Waals surface area (Å²) in [6, 6.07) is 0. The van der Waals surface area contributed by atoms with Crippen LogP contribution in [0.3, 0.4) is 0 Å². The number of halogens is 1. The van der Waals surface area contributed by atoms with Gasteiger partial charge in [0.1, 0.15) is 5.67 Å². The number of rotatable bonds is 2. The second-order valence-corrected chi connectivity index (χ2v) is 3.68. The molecule has 0 aromatic rings. The van der Waals surface area contributed by atoms with Gasteiger partial charge in [0.25, 0.3) is 0 Å². The Balaban J connectivity index is 2.36. The van der Waals surface area contributed by atoms with Gasteiger partial charge in [-0.3, -0.25) is 0 Å². The molecule has 0 amide bonds. The van der Waals surface area contributed by atoms with Crippen LogP contribution in [-0.4, -0.2) is 18.8 Å². The van der Waals surface area contributed by atoms with E-state index >= 15 is 0 Å². The summed E-state index contributed by atoms with van der Waals surface area (Å²) in [5.74, 6) is 0.477. The zero-order chi connectivity index (χ0) is 7.61. The molecule has 1 saturated heterocycles.